The number of fused-ring (bicyclic) bond motifs is 1. The molecule has 2 aromatic rings. The van der Waals surface area contributed by atoms with Crippen molar-refractivity contribution >= 4 is 5.82 Å². The smallest absolute Gasteiger partial charge is 0.133 e. The summed E-state index contributed by atoms with van der Waals surface area (Å²) >= 11 is 0. The number of aliphatic hydroxyl groups is 1. The topological polar surface area (TPSA) is 68.4 Å². The molecule has 1 aromatic heterocycles. The largest absolute Gasteiger partial charge is 0.487 e. The lowest BCUT2D eigenvalue weighted by molar-refractivity contribution is 0.0495. The number of nitrogens with zero attached hydrogens (tertiary/aromatic N) is 1. The van der Waals surface area contributed by atoms with Crippen LogP contribution in [-0.2, 0) is 6.42 Å². The first-order valence-electron chi connectivity index (χ1n) is 6.30. The number of benzene rings is 1. The van der Waals surface area contributed by atoms with Gasteiger partial charge in [-0.3, -0.25) is 0 Å². The number of rotatable bonds is 2. The van der Waals surface area contributed by atoms with Gasteiger partial charge in [0.1, 0.15) is 23.8 Å². The molecule has 19 heavy (non-hydrogen) atoms. The SMILES string of the molecule is Cc1cnc(N)c(C(O)C2Cc3ccccc3O2)c1. The van der Waals surface area contributed by atoms with Crippen molar-refractivity contribution in [2.75, 3.05) is 5.73 Å². The van der Waals surface area contributed by atoms with Gasteiger partial charge in [0, 0.05) is 18.2 Å². The van der Waals surface area contributed by atoms with Gasteiger partial charge in [-0.25, -0.2) is 4.98 Å². The van der Waals surface area contributed by atoms with Crippen molar-refractivity contribution in [3.8, 4) is 5.75 Å². The van der Waals surface area contributed by atoms with Gasteiger partial charge in [-0.15, -0.1) is 0 Å². The van der Waals surface area contributed by atoms with Crippen LogP contribution in [0.15, 0.2) is 36.5 Å². The van der Waals surface area contributed by atoms with Crippen LogP contribution in [0.25, 0.3) is 0 Å². The molecule has 4 nitrogen and oxygen atoms in total. The fraction of sp³-hybridized carbons (Fsp3) is 0.267. The molecule has 0 saturated carbocycles. The van der Waals surface area contributed by atoms with E-state index in [-0.39, 0.29) is 6.10 Å². The summed E-state index contributed by atoms with van der Waals surface area (Å²) in [5, 5.41) is 10.5. The highest BCUT2D eigenvalue weighted by atomic mass is 16.5. The van der Waals surface area contributed by atoms with Crippen LogP contribution in [0.2, 0.25) is 0 Å². The number of hydrogen-bond acceptors (Lipinski definition) is 4. The number of aryl methyl sites for hydroxylation is 1. The van der Waals surface area contributed by atoms with Crippen molar-refractivity contribution in [3.63, 3.8) is 0 Å². The molecule has 2 heterocycles. The van der Waals surface area contributed by atoms with Crippen molar-refractivity contribution in [2.24, 2.45) is 0 Å². The Hall–Kier alpha value is -2.07. The van der Waals surface area contributed by atoms with Crippen LogP contribution in [0.3, 0.4) is 0 Å². The lowest BCUT2D eigenvalue weighted by atomic mass is 10.00. The predicted molar refractivity (Wildman–Crippen MR) is 72.9 cm³/mol. The summed E-state index contributed by atoms with van der Waals surface area (Å²) < 4.78 is 5.78. The predicted octanol–water partition coefficient (Wildman–Crippen LogP) is 2.01. The number of anilines is 1. The minimum Gasteiger partial charge on any atom is -0.487 e. The summed E-state index contributed by atoms with van der Waals surface area (Å²) in [7, 11) is 0. The molecule has 98 valence electrons. The first-order valence-corrected chi connectivity index (χ1v) is 6.30. The second kappa shape index (κ2) is 4.55. The van der Waals surface area contributed by atoms with Crippen molar-refractivity contribution in [2.45, 2.75) is 25.6 Å². The maximum atomic E-state index is 10.5. The van der Waals surface area contributed by atoms with Gasteiger partial charge in [-0.05, 0) is 30.2 Å². The molecule has 1 aromatic carbocycles. The molecule has 3 N–H and O–H groups in total. The molecular weight excluding hydrogens is 240 g/mol. The molecule has 0 spiro atoms. The molecule has 1 aliphatic heterocycles. The molecule has 4 heteroatoms. The van der Waals surface area contributed by atoms with E-state index in [4.69, 9.17) is 10.5 Å². The fourth-order valence-corrected chi connectivity index (χ4v) is 2.42. The quantitative estimate of drug-likeness (QED) is 0.862. The van der Waals surface area contributed by atoms with Crippen molar-refractivity contribution in [1.82, 2.24) is 4.98 Å². The number of nitrogen functional groups attached to an aromatic ring is 1. The fourth-order valence-electron chi connectivity index (χ4n) is 2.42. The number of aliphatic hydroxyl groups excluding tert-OH is 1. The highest BCUT2D eigenvalue weighted by molar-refractivity contribution is 5.44. The Balaban J connectivity index is 1.87. The average Bonchev–Trinajstić information content (AvgIpc) is 2.84. The second-order valence-electron chi connectivity index (χ2n) is 4.90. The van der Waals surface area contributed by atoms with E-state index in [0.29, 0.717) is 17.8 Å². The van der Waals surface area contributed by atoms with Crippen LogP contribution in [0.4, 0.5) is 5.82 Å². The Morgan fingerprint density at radius 2 is 2.21 bits per heavy atom. The van der Waals surface area contributed by atoms with E-state index >= 15 is 0 Å². The minimum atomic E-state index is -0.764. The number of aromatic nitrogens is 1. The van der Waals surface area contributed by atoms with Gasteiger partial charge in [0.15, 0.2) is 0 Å². The summed E-state index contributed by atoms with van der Waals surface area (Å²) in [5.41, 5.74) is 8.56. The molecule has 0 aliphatic carbocycles. The number of nitrogens with two attached hydrogens (primary N) is 1. The van der Waals surface area contributed by atoms with E-state index in [0.717, 1.165) is 16.9 Å². The molecule has 0 radical (unpaired) electrons. The van der Waals surface area contributed by atoms with Gasteiger partial charge in [0.25, 0.3) is 0 Å². The van der Waals surface area contributed by atoms with Crippen LogP contribution >= 0.6 is 0 Å². The zero-order chi connectivity index (χ0) is 13.4. The van der Waals surface area contributed by atoms with Crippen LogP contribution < -0.4 is 10.5 Å². The zero-order valence-corrected chi connectivity index (χ0v) is 10.7. The summed E-state index contributed by atoms with van der Waals surface area (Å²) in [6.07, 6.45) is 1.31. The molecular formula is C15H16N2O2. The van der Waals surface area contributed by atoms with Crippen LogP contribution in [0.1, 0.15) is 22.8 Å². The van der Waals surface area contributed by atoms with E-state index in [1.807, 2.05) is 37.3 Å². The Bertz CT molecular complexity index is 588. The van der Waals surface area contributed by atoms with Crippen LogP contribution in [0, 0.1) is 6.92 Å². The van der Waals surface area contributed by atoms with Gasteiger partial charge >= 0.3 is 0 Å². The van der Waals surface area contributed by atoms with E-state index < -0.39 is 6.10 Å². The van der Waals surface area contributed by atoms with Crippen molar-refractivity contribution in [1.29, 1.82) is 0 Å². The monoisotopic (exact) mass is 256 g/mol. The van der Waals surface area contributed by atoms with Gasteiger partial charge in [0.05, 0.1) is 0 Å². The summed E-state index contributed by atoms with van der Waals surface area (Å²) in [6.45, 7) is 1.92. The molecule has 1 aliphatic rings. The molecule has 0 amide bonds. The van der Waals surface area contributed by atoms with Gasteiger partial charge < -0.3 is 15.6 Å². The van der Waals surface area contributed by atoms with Gasteiger partial charge in [-0.1, -0.05) is 18.2 Å². The van der Waals surface area contributed by atoms with E-state index in [1.165, 1.54) is 0 Å². The Morgan fingerprint density at radius 3 is 3.00 bits per heavy atom. The highest BCUT2D eigenvalue weighted by Gasteiger charge is 2.31. The molecule has 3 rings (SSSR count). The number of hydrogen-bond donors (Lipinski definition) is 2. The number of ether oxygens (including phenoxy) is 1. The summed E-state index contributed by atoms with van der Waals surface area (Å²) in [4.78, 5) is 4.08. The first kappa shape index (κ1) is 12.0. The third kappa shape index (κ3) is 2.15. The average molecular weight is 256 g/mol. The Morgan fingerprint density at radius 1 is 1.42 bits per heavy atom. The lowest BCUT2D eigenvalue weighted by Gasteiger charge is -2.19. The van der Waals surface area contributed by atoms with Crippen molar-refractivity contribution < 1.29 is 9.84 Å². The summed E-state index contributed by atoms with van der Waals surface area (Å²) in [5.74, 6) is 1.20. The minimum absolute atomic E-state index is 0.303. The van der Waals surface area contributed by atoms with Crippen LogP contribution in [-0.4, -0.2) is 16.2 Å². The second-order valence-corrected chi connectivity index (χ2v) is 4.90. The Kier molecular flexibility index (Phi) is 2.87. The molecule has 2 atom stereocenters. The summed E-state index contributed by atoms with van der Waals surface area (Å²) in [6, 6.07) is 9.69. The molecule has 0 saturated heterocycles. The van der Waals surface area contributed by atoms with E-state index in [2.05, 4.69) is 4.98 Å². The van der Waals surface area contributed by atoms with Crippen LogP contribution in [0.5, 0.6) is 5.75 Å². The van der Waals surface area contributed by atoms with Crippen molar-refractivity contribution in [3.05, 3.63) is 53.2 Å². The van der Waals surface area contributed by atoms with E-state index in [1.54, 1.807) is 6.20 Å². The standard InChI is InChI=1S/C15H16N2O2/c1-9-6-11(15(16)17-8-9)14(18)13-7-10-4-2-3-5-12(10)19-13/h2-6,8,13-14,18H,7H2,1H3,(H2,16,17). The maximum Gasteiger partial charge on any atom is 0.133 e. The lowest BCUT2D eigenvalue weighted by Crippen LogP contribution is -2.24. The van der Waals surface area contributed by atoms with E-state index in [9.17, 15) is 5.11 Å². The zero-order valence-electron chi connectivity index (χ0n) is 10.7. The first-order chi connectivity index (χ1) is 9.15. The van der Waals surface area contributed by atoms with Gasteiger partial charge in [-0.2, -0.15) is 0 Å². The van der Waals surface area contributed by atoms with Gasteiger partial charge in [0.2, 0.25) is 0 Å². The molecule has 0 bridgehead atoms. The third-order valence-electron chi connectivity index (χ3n) is 3.43. The molecule has 0 fully saturated rings. The Labute approximate surface area is 111 Å². The number of para-hydroxylation sites is 1. The molecule has 2 unspecified atom stereocenters. The highest BCUT2D eigenvalue weighted by Crippen LogP contribution is 2.35. The maximum absolute atomic E-state index is 10.5. The number of pyridine rings is 1. The third-order valence-corrected chi connectivity index (χ3v) is 3.43. The normalized spacial score (nSPS) is 18.7.